The standard InChI is InChI=1S/C11H14N6O2S/c1-3-4-12-10-9(17(18)19)11(14-7-13-10)20-8-5-15-16(2)6-8/h5-7H,3-4H2,1-2H3,(H,12,13,14). The fraction of sp³-hybridized carbons (Fsp3) is 0.364. The Balaban J connectivity index is 2.33. The van der Waals surface area contributed by atoms with E-state index < -0.39 is 4.92 Å². The van der Waals surface area contributed by atoms with Crippen molar-refractivity contribution in [3.8, 4) is 0 Å². The summed E-state index contributed by atoms with van der Waals surface area (Å²) >= 11 is 1.19. The van der Waals surface area contributed by atoms with Crippen molar-refractivity contribution < 1.29 is 4.92 Å². The second-order valence-electron chi connectivity index (χ2n) is 4.01. The van der Waals surface area contributed by atoms with Crippen LogP contribution in [0.3, 0.4) is 0 Å². The average Bonchev–Trinajstić information content (AvgIpc) is 2.81. The Morgan fingerprint density at radius 1 is 1.50 bits per heavy atom. The van der Waals surface area contributed by atoms with Crippen LogP contribution in [0.4, 0.5) is 11.5 Å². The summed E-state index contributed by atoms with van der Waals surface area (Å²) < 4.78 is 1.63. The van der Waals surface area contributed by atoms with Gasteiger partial charge < -0.3 is 5.32 Å². The maximum Gasteiger partial charge on any atom is 0.343 e. The van der Waals surface area contributed by atoms with Crippen molar-refractivity contribution in [2.75, 3.05) is 11.9 Å². The number of aryl methyl sites for hydroxylation is 1. The lowest BCUT2D eigenvalue weighted by atomic mass is 10.4. The Kier molecular flexibility index (Phi) is 4.51. The predicted molar refractivity (Wildman–Crippen MR) is 74.8 cm³/mol. The molecule has 2 heterocycles. The highest BCUT2D eigenvalue weighted by atomic mass is 32.2. The molecule has 20 heavy (non-hydrogen) atoms. The van der Waals surface area contributed by atoms with Gasteiger partial charge in [-0.05, 0) is 6.42 Å². The molecule has 106 valence electrons. The number of hydrogen-bond acceptors (Lipinski definition) is 7. The van der Waals surface area contributed by atoms with Crippen LogP contribution in [0, 0.1) is 10.1 Å². The molecule has 0 amide bonds. The van der Waals surface area contributed by atoms with Gasteiger partial charge in [-0.15, -0.1) is 0 Å². The maximum atomic E-state index is 11.3. The number of rotatable bonds is 6. The van der Waals surface area contributed by atoms with Gasteiger partial charge in [-0.1, -0.05) is 18.7 Å². The van der Waals surface area contributed by atoms with Gasteiger partial charge in [-0.25, -0.2) is 9.97 Å². The first-order valence-electron chi connectivity index (χ1n) is 6.01. The first kappa shape index (κ1) is 14.3. The largest absolute Gasteiger partial charge is 0.364 e. The van der Waals surface area contributed by atoms with Crippen LogP contribution in [-0.4, -0.2) is 31.2 Å². The summed E-state index contributed by atoms with van der Waals surface area (Å²) in [4.78, 5) is 19.5. The quantitative estimate of drug-likeness (QED) is 0.494. The Morgan fingerprint density at radius 3 is 2.90 bits per heavy atom. The third kappa shape index (κ3) is 3.23. The van der Waals surface area contributed by atoms with E-state index in [1.807, 2.05) is 6.92 Å². The van der Waals surface area contributed by atoms with E-state index in [2.05, 4.69) is 20.4 Å². The number of anilines is 1. The molecule has 0 radical (unpaired) electrons. The first-order valence-corrected chi connectivity index (χ1v) is 6.83. The van der Waals surface area contributed by atoms with Crippen molar-refractivity contribution in [1.29, 1.82) is 0 Å². The SMILES string of the molecule is CCCNc1ncnc(Sc2cnn(C)c2)c1[N+](=O)[O-]. The molecule has 2 aromatic rings. The van der Waals surface area contributed by atoms with E-state index in [4.69, 9.17) is 0 Å². The summed E-state index contributed by atoms with van der Waals surface area (Å²) in [5, 5.41) is 18.5. The van der Waals surface area contributed by atoms with E-state index in [0.717, 1.165) is 11.3 Å². The van der Waals surface area contributed by atoms with Gasteiger partial charge in [0.25, 0.3) is 0 Å². The summed E-state index contributed by atoms with van der Waals surface area (Å²) in [6.45, 7) is 2.60. The lowest BCUT2D eigenvalue weighted by Gasteiger charge is -2.06. The number of hydrogen-bond donors (Lipinski definition) is 1. The zero-order chi connectivity index (χ0) is 14.5. The minimum absolute atomic E-state index is 0.102. The van der Waals surface area contributed by atoms with Crippen LogP contribution in [-0.2, 0) is 7.05 Å². The number of nitrogens with zero attached hydrogens (tertiary/aromatic N) is 5. The number of nitrogens with one attached hydrogen (secondary N) is 1. The van der Waals surface area contributed by atoms with E-state index in [9.17, 15) is 10.1 Å². The molecular formula is C11H14N6O2S. The Bertz CT molecular complexity index is 615. The lowest BCUT2D eigenvalue weighted by Crippen LogP contribution is -2.07. The Hall–Kier alpha value is -2.16. The molecule has 0 bridgehead atoms. The summed E-state index contributed by atoms with van der Waals surface area (Å²) in [7, 11) is 1.78. The zero-order valence-electron chi connectivity index (χ0n) is 11.1. The van der Waals surface area contributed by atoms with E-state index in [1.165, 1.54) is 18.1 Å². The van der Waals surface area contributed by atoms with Crippen LogP contribution >= 0.6 is 11.8 Å². The highest BCUT2D eigenvalue weighted by molar-refractivity contribution is 7.99. The molecule has 0 aromatic carbocycles. The summed E-state index contributed by atoms with van der Waals surface area (Å²) in [5.41, 5.74) is -0.102. The van der Waals surface area contributed by atoms with Crippen LogP contribution in [0.5, 0.6) is 0 Å². The highest BCUT2D eigenvalue weighted by Gasteiger charge is 2.23. The van der Waals surface area contributed by atoms with Crippen molar-refractivity contribution in [2.24, 2.45) is 7.05 Å². The van der Waals surface area contributed by atoms with Gasteiger partial charge in [0.1, 0.15) is 6.33 Å². The van der Waals surface area contributed by atoms with Crippen LogP contribution in [0.1, 0.15) is 13.3 Å². The third-order valence-electron chi connectivity index (χ3n) is 2.41. The molecule has 0 unspecified atom stereocenters. The summed E-state index contributed by atoms with van der Waals surface area (Å²) in [6.07, 6.45) is 5.58. The molecule has 9 heteroatoms. The van der Waals surface area contributed by atoms with Crippen LogP contribution in [0.2, 0.25) is 0 Å². The molecule has 8 nitrogen and oxygen atoms in total. The van der Waals surface area contributed by atoms with E-state index in [-0.39, 0.29) is 11.5 Å². The van der Waals surface area contributed by atoms with E-state index >= 15 is 0 Å². The number of aromatic nitrogens is 4. The van der Waals surface area contributed by atoms with Gasteiger partial charge in [0.15, 0.2) is 5.03 Å². The van der Waals surface area contributed by atoms with Crippen LogP contribution in [0.15, 0.2) is 28.6 Å². The maximum absolute atomic E-state index is 11.3. The first-order chi connectivity index (χ1) is 9.61. The van der Waals surface area contributed by atoms with Gasteiger partial charge in [0, 0.05) is 19.8 Å². The Labute approximate surface area is 119 Å². The minimum atomic E-state index is -0.462. The van der Waals surface area contributed by atoms with Gasteiger partial charge in [-0.3, -0.25) is 14.8 Å². The molecule has 0 fully saturated rings. The highest BCUT2D eigenvalue weighted by Crippen LogP contribution is 2.36. The number of nitro groups is 1. The molecule has 0 atom stereocenters. The third-order valence-corrected chi connectivity index (χ3v) is 3.35. The fourth-order valence-corrected chi connectivity index (χ4v) is 2.43. The molecule has 0 aliphatic carbocycles. The molecule has 0 saturated carbocycles. The summed E-state index contributed by atoms with van der Waals surface area (Å²) in [5.74, 6) is 0.248. The molecule has 0 aliphatic heterocycles. The lowest BCUT2D eigenvalue weighted by molar-refractivity contribution is -0.387. The van der Waals surface area contributed by atoms with Crippen LogP contribution in [0.25, 0.3) is 0 Å². The predicted octanol–water partition coefficient (Wildman–Crippen LogP) is 2.09. The van der Waals surface area contributed by atoms with Gasteiger partial charge in [0.05, 0.1) is 16.0 Å². The topological polar surface area (TPSA) is 98.8 Å². The fourth-order valence-electron chi connectivity index (χ4n) is 1.54. The van der Waals surface area contributed by atoms with Crippen molar-refractivity contribution >= 4 is 23.3 Å². The Morgan fingerprint density at radius 2 is 2.30 bits per heavy atom. The van der Waals surface area contributed by atoms with Gasteiger partial charge >= 0.3 is 5.69 Å². The van der Waals surface area contributed by atoms with Gasteiger partial charge in [-0.2, -0.15) is 5.10 Å². The zero-order valence-corrected chi connectivity index (χ0v) is 11.9. The van der Waals surface area contributed by atoms with Crippen molar-refractivity contribution in [1.82, 2.24) is 19.7 Å². The smallest absolute Gasteiger partial charge is 0.343 e. The second kappa shape index (κ2) is 6.33. The minimum Gasteiger partial charge on any atom is -0.364 e. The van der Waals surface area contributed by atoms with Crippen molar-refractivity contribution in [3.63, 3.8) is 0 Å². The summed E-state index contributed by atoms with van der Waals surface area (Å²) in [6, 6.07) is 0. The monoisotopic (exact) mass is 294 g/mol. The van der Waals surface area contributed by atoms with Crippen molar-refractivity contribution in [3.05, 3.63) is 28.8 Å². The molecule has 0 saturated heterocycles. The van der Waals surface area contributed by atoms with Crippen LogP contribution < -0.4 is 5.32 Å². The molecule has 2 aromatic heterocycles. The second-order valence-corrected chi connectivity index (χ2v) is 5.07. The molecule has 2 rings (SSSR count). The van der Waals surface area contributed by atoms with E-state index in [1.54, 1.807) is 24.1 Å². The molecule has 0 spiro atoms. The van der Waals surface area contributed by atoms with Crippen molar-refractivity contribution in [2.45, 2.75) is 23.3 Å². The van der Waals surface area contributed by atoms with E-state index in [0.29, 0.717) is 11.6 Å². The molecule has 0 aliphatic rings. The molecular weight excluding hydrogens is 280 g/mol. The van der Waals surface area contributed by atoms with Gasteiger partial charge in [0.2, 0.25) is 5.82 Å². The average molecular weight is 294 g/mol. The normalized spacial score (nSPS) is 10.5. The molecule has 1 N–H and O–H groups in total.